The number of nitrogens with one attached hydrogen (secondary N) is 1. The summed E-state index contributed by atoms with van der Waals surface area (Å²) in [6.45, 7) is 0.956. The molecular formula is C15H16ClN5O3S. The zero-order chi connectivity index (χ0) is 18.0. The summed E-state index contributed by atoms with van der Waals surface area (Å²) < 4.78 is 34.7. The minimum Gasteiger partial charge on any atom is -0.377 e. The van der Waals surface area contributed by atoms with Gasteiger partial charge in [-0.3, -0.25) is 0 Å². The fraction of sp³-hybridized carbons (Fsp3) is 0.400. The molecule has 0 spiro atoms. The number of benzene rings is 1. The number of aromatic nitrogens is 3. The summed E-state index contributed by atoms with van der Waals surface area (Å²) in [4.78, 5) is 4.38. The van der Waals surface area contributed by atoms with E-state index in [2.05, 4.69) is 14.8 Å². The monoisotopic (exact) mass is 381 g/mol. The van der Waals surface area contributed by atoms with Crippen LogP contribution in [0.1, 0.15) is 36.1 Å². The van der Waals surface area contributed by atoms with Crippen LogP contribution in [0.5, 0.6) is 0 Å². The highest BCUT2D eigenvalue weighted by molar-refractivity contribution is 7.89. The lowest BCUT2D eigenvalue weighted by atomic mass is 10.1. The number of nitrogens with zero attached hydrogens (tertiary/aromatic N) is 4. The molecule has 0 aliphatic carbocycles. The van der Waals surface area contributed by atoms with Crippen LogP contribution < -0.4 is 4.72 Å². The number of hydrogen-bond acceptors (Lipinski definition) is 6. The first-order chi connectivity index (χ1) is 11.9. The maximum absolute atomic E-state index is 12.7. The van der Waals surface area contributed by atoms with Gasteiger partial charge in [-0.1, -0.05) is 11.6 Å². The van der Waals surface area contributed by atoms with Crippen LogP contribution in [-0.2, 0) is 27.9 Å². The molecule has 2 heterocycles. The van der Waals surface area contributed by atoms with Gasteiger partial charge >= 0.3 is 0 Å². The van der Waals surface area contributed by atoms with Crippen LogP contribution in [-0.4, -0.2) is 30.3 Å². The summed E-state index contributed by atoms with van der Waals surface area (Å²) in [5, 5.41) is 13.3. The normalized spacial score (nSPS) is 17.1. The van der Waals surface area contributed by atoms with Crippen LogP contribution in [0, 0.1) is 11.3 Å². The number of hydrogen-bond donors (Lipinski definition) is 1. The Morgan fingerprint density at radius 1 is 1.52 bits per heavy atom. The third-order valence-corrected chi connectivity index (χ3v) is 5.64. The van der Waals surface area contributed by atoms with Crippen molar-refractivity contribution in [2.24, 2.45) is 0 Å². The molecule has 1 aromatic carbocycles. The molecule has 1 atom stereocenters. The number of methoxy groups -OCH3 is 1. The van der Waals surface area contributed by atoms with E-state index in [4.69, 9.17) is 21.6 Å². The number of rotatable bonds is 5. The van der Waals surface area contributed by atoms with E-state index < -0.39 is 16.1 Å². The second-order valence-corrected chi connectivity index (χ2v) is 7.73. The molecule has 0 fully saturated rings. The average molecular weight is 382 g/mol. The molecule has 0 radical (unpaired) electrons. The van der Waals surface area contributed by atoms with Gasteiger partial charge in [-0.15, -0.1) is 0 Å². The Kier molecular flexibility index (Phi) is 5.06. The second-order valence-electron chi connectivity index (χ2n) is 5.61. The van der Waals surface area contributed by atoms with E-state index in [1.54, 1.807) is 11.8 Å². The molecule has 2 aromatic rings. The van der Waals surface area contributed by atoms with Crippen LogP contribution in [0.4, 0.5) is 0 Å². The zero-order valence-corrected chi connectivity index (χ0v) is 15.0. The molecule has 8 nitrogen and oxygen atoms in total. The fourth-order valence-electron chi connectivity index (χ4n) is 2.71. The number of nitriles is 1. The summed E-state index contributed by atoms with van der Waals surface area (Å²) in [6.07, 6.45) is 1.40. The lowest BCUT2D eigenvalue weighted by Gasteiger charge is -2.23. The van der Waals surface area contributed by atoms with Crippen molar-refractivity contribution >= 4 is 21.6 Å². The van der Waals surface area contributed by atoms with Gasteiger partial charge in [0.25, 0.3) is 0 Å². The predicted molar refractivity (Wildman–Crippen MR) is 89.2 cm³/mol. The van der Waals surface area contributed by atoms with Crippen LogP contribution >= 0.6 is 11.6 Å². The van der Waals surface area contributed by atoms with E-state index >= 15 is 0 Å². The zero-order valence-electron chi connectivity index (χ0n) is 13.4. The molecule has 0 amide bonds. The van der Waals surface area contributed by atoms with Gasteiger partial charge in [0.2, 0.25) is 10.0 Å². The van der Waals surface area contributed by atoms with Crippen molar-refractivity contribution in [1.82, 2.24) is 19.5 Å². The Morgan fingerprint density at radius 3 is 3.00 bits per heavy atom. The molecule has 1 aromatic heterocycles. The molecule has 0 saturated carbocycles. The number of ether oxygens (including phenoxy) is 1. The first-order valence-electron chi connectivity index (χ1n) is 7.59. The maximum Gasteiger partial charge on any atom is 0.241 e. The molecule has 132 valence electrons. The molecule has 10 heteroatoms. The lowest BCUT2D eigenvalue weighted by molar-refractivity contribution is 0.177. The van der Waals surface area contributed by atoms with Gasteiger partial charge in [0.05, 0.1) is 21.5 Å². The number of halogens is 1. The van der Waals surface area contributed by atoms with Gasteiger partial charge in [0.15, 0.2) is 5.82 Å². The summed E-state index contributed by atoms with van der Waals surface area (Å²) in [6, 6.07) is 5.44. The predicted octanol–water partition coefficient (Wildman–Crippen LogP) is 1.76. The Morgan fingerprint density at radius 2 is 2.32 bits per heavy atom. The highest BCUT2D eigenvalue weighted by atomic mass is 35.5. The molecule has 1 unspecified atom stereocenters. The van der Waals surface area contributed by atoms with Gasteiger partial charge in [0.1, 0.15) is 18.5 Å². The van der Waals surface area contributed by atoms with Crippen LogP contribution in [0.15, 0.2) is 23.1 Å². The van der Waals surface area contributed by atoms with E-state index in [-0.39, 0.29) is 22.1 Å². The molecule has 25 heavy (non-hydrogen) atoms. The Hall–Kier alpha value is -1.99. The quantitative estimate of drug-likeness (QED) is 0.845. The van der Waals surface area contributed by atoms with Crippen LogP contribution in [0.2, 0.25) is 5.02 Å². The molecule has 1 N–H and O–H groups in total. The smallest absolute Gasteiger partial charge is 0.241 e. The average Bonchev–Trinajstić information content (AvgIpc) is 2.98. The molecule has 0 saturated heterocycles. The molecule has 0 bridgehead atoms. The summed E-state index contributed by atoms with van der Waals surface area (Å²) in [5.74, 6) is 1.09. The number of fused-ring (bicyclic) bond motifs is 1. The standard InChI is InChI=1S/C15H16ClN5O3S/c1-24-9-14-18-15-13(3-2-6-21(15)19-14)20-25(22,23)11-5-4-10(8-17)12(16)7-11/h4-5,7,13,20H,2-3,6,9H2,1H3. The van der Waals surface area contributed by atoms with Crippen molar-refractivity contribution in [3.05, 3.63) is 40.4 Å². The summed E-state index contributed by atoms with van der Waals surface area (Å²) >= 11 is 5.94. The van der Waals surface area contributed by atoms with Crippen molar-refractivity contribution in [2.45, 2.75) is 36.9 Å². The lowest BCUT2D eigenvalue weighted by Crippen LogP contribution is -2.33. The Bertz CT molecular complexity index is 935. The van der Waals surface area contributed by atoms with Gasteiger partial charge in [-0.25, -0.2) is 22.8 Å². The number of sulfonamides is 1. The molecule has 3 rings (SSSR count). The van der Waals surface area contributed by atoms with Crippen molar-refractivity contribution in [1.29, 1.82) is 5.26 Å². The topological polar surface area (TPSA) is 110 Å². The van der Waals surface area contributed by atoms with Crippen molar-refractivity contribution in [3.63, 3.8) is 0 Å². The Labute approximate surface area is 150 Å². The van der Waals surface area contributed by atoms with Crippen molar-refractivity contribution < 1.29 is 13.2 Å². The Balaban J connectivity index is 1.87. The van der Waals surface area contributed by atoms with E-state index in [0.717, 1.165) is 6.42 Å². The van der Waals surface area contributed by atoms with Gasteiger partial charge in [-0.05, 0) is 31.0 Å². The minimum atomic E-state index is -3.81. The largest absolute Gasteiger partial charge is 0.377 e. The third-order valence-electron chi connectivity index (χ3n) is 3.86. The van der Waals surface area contributed by atoms with Crippen molar-refractivity contribution in [2.75, 3.05) is 7.11 Å². The van der Waals surface area contributed by atoms with Gasteiger partial charge in [-0.2, -0.15) is 10.4 Å². The minimum absolute atomic E-state index is 0.00486. The molecular weight excluding hydrogens is 366 g/mol. The highest BCUT2D eigenvalue weighted by Gasteiger charge is 2.29. The van der Waals surface area contributed by atoms with E-state index in [0.29, 0.717) is 24.6 Å². The summed E-state index contributed by atoms with van der Waals surface area (Å²) in [7, 11) is -2.26. The number of aryl methyl sites for hydroxylation is 1. The SMILES string of the molecule is COCc1nc2n(n1)CCCC2NS(=O)(=O)c1ccc(C#N)c(Cl)c1. The van der Waals surface area contributed by atoms with Crippen LogP contribution in [0.3, 0.4) is 0 Å². The molecule has 1 aliphatic heterocycles. The van der Waals surface area contributed by atoms with E-state index in [1.807, 2.05) is 6.07 Å². The third kappa shape index (κ3) is 3.67. The van der Waals surface area contributed by atoms with Crippen molar-refractivity contribution in [3.8, 4) is 6.07 Å². The first-order valence-corrected chi connectivity index (χ1v) is 9.45. The highest BCUT2D eigenvalue weighted by Crippen LogP contribution is 2.27. The van der Waals surface area contributed by atoms with E-state index in [1.165, 1.54) is 18.2 Å². The maximum atomic E-state index is 12.7. The second kappa shape index (κ2) is 7.09. The molecule has 1 aliphatic rings. The van der Waals surface area contributed by atoms with E-state index in [9.17, 15) is 8.42 Å². The first kappa shape index (κ1) is 17.8. The van der Waals surface area contributed by atoms with Gasteiger partial charge < -0.3 is 4.74 Å². The van der Waals surface area contributed by atoms with Crippen LogP contribution in [0.25, 0.3) is 0 Å². The summed E-state index contributed by atoms with van der Waals surface area (Å²) in [5.41, 5.74) is 0.224. The fourth-order valence-corrected chi connectivity index (χ4v) is 4.25. The van der Waals surface area contributed by atoms with Gasteiger partial charge in [0, 0.05) is 13.7 Å².